The number of thiophene rings is 1. The molecule has 5 rings (SSSR count). The summed E-state index contributed by atoms with van der Waals surface area (Å²) in [4.78, 5) is 22.1. The molecule has 2 N–H and O–H groups in total. The fourth-order valence-electron chi connectivity index (χ4n) is 2.76. The number of anilines is 4. The Hall–Kier alpha value is -3.85. The third-order valence-corrected chi connectivity index (χ3v) is 4.69. The number of fused-ring (bicyclic) bond motifs is 1. The number of nitrogens with one attached hydrogen (secondary N) is 2. The lowest BCUT2D eigenvalue weighted by Crippen LogP contribution is -2.04. The molecule has 5 aromatic rings. The minimum absolute atomic E-state index is 0.406. The van der Waals surface area contributed by atoms with E-state index in [4.69, 9.17) is 0 Å². The van der Waals surface area contributed by atoms with E-state index in [0.717, 1.165) is 11.4 Å². The van der Waals surface area contributed by atoms with Crippen LogP contribution in [0.15, 0.2) is 72.1 Å². The number of hydrogen-bond acceptors (Lipinski definition) is 8. The van der Waals surface area contributed by atoms with Crippen molar-refractivity contribution in [2.24, 2.45) is 0 Å². The van der Waals surface area contributed by atoms with Crippen LogP contribution in [0.1, 0.15) is 0 Å². The maximum absolute atomic E-state index is 4.66. The zero-order valence-electron chi connectivity index (χ0n) is 14.5. The van der Waals surface area contributed by atoms with Gasteiger partial charge in [0.2, 0.25) is 5.95 Å². The van der Waals surface area contributed by atoms with Crippen LogP contribution in [0.4, 0.5) is 23.3 Å². The molecule has 0 saturated heterocycles. The second-order valence-electron chi connectivity index (χ2n) is 5.87. The lowest BCUT2D eigenvalue weighted by Gasteiger charge is -2.10. The molecule has 4 heterocycles. The summed E-state index contributed by atoms with van der Waals surface area (Å²) in [5, 5.41) is 10.5. The van der Waals surface area contributed by atoms with Gasteiger partial charge < -0.3 is 10.6 Å². The van der Waals surface area contributed by atoms with E-state index in [9.17, 15) is 0 Å². The quantitative estimate of drug-likeness (QED) is 0.468. The molecule has 0 spiro atoms. The molecule has 9 heteroatoms. The Morgan fingerprint density at radius 1 is 0.929 bits per heavy atom. The van der Waals surface area contributed by atoms with E-state index in [1.807, 2.05) is 51.7 Å². The van der Waals surface area contributed by atoms with Gasteiger partial charge in [-0.05, 0) is 23.6 Å². The van der Waals surface area contributed by atoms with Crippen molar-refractivity contribution < 1.29 is 0 Å². The Bertz CT molecular complexity index is 1200. The predicted octanol–water partition coefficient (Wildman–Crippen LogP) is 4.15. The van der Waals surface area contributed by atoms with Crippen molar-refractivity contribution >= 4 is 45.8 Å². The van der Waals surface area contributed by atoms with E-state index in [2.05, 4.69) is 35.6 Å². The van der Waals surface area contributed by atoms with E-state index in [0.29, 0.717) is 28.7 Å². The molecule has 0 atom stereocenters. The molecule has 0 unspecified atom stereocenters. The second kappa shape index (κ2) is 7.05. The largest absolute Gasteiger partial charge is 0.338 e. The molecule has 0 fully saturated rings. The Morgan fingerprint density at radius 2 is 1.86 bits per heavy atom. The van der Waals surface area contributed by atoms with Crippen molar-refractivity contribution in [3.8, 4) is 5.69 Å². The van der Waals surface area contributed by atoms with Crippen molar-refractivity contribution in [3.63, 3.8) is 0 Å². The van der Waals surface area contributed by atoms with E-state index in [1.165, 1.54) is 0 Å². The summed E-state index contributed by atoms with van der Waals surface area (Å²) >= 11 is 1.62. The Kier molecular flexibility index (Phi) is 4.11. The fraction of sp³-hybridized carbons (Fsp3) is 0. The summed E-state index contributed by atoms with van der Waals surface area (Å²) in [6.07, 6.45) is 6.60. The number of nitrogens with zero attached hydrogens (tertiary/aromatic N) is 6. The normalized spacial score (nSPS) is 10.9. The van der Waals surface area contributed by atoms with Crippen LogP contribution >= 0.6 is 11.3 Å². The number of hydrogen-bond donors (Lipinski definition) is 2. The van der Waals surface area contributed by atoms with Gasteiger partial charge in [0.25, 0.3) is 0 Å². The number of benzene rings is 1. The molecule has 0 amide bonds. The first-order valence-electron chi connectivity index (χ1n) is 8.49. The van der Waals surface area contributed by atoms with Gasteiger partial charge in [-0.1, -0.05) is 18.2 Å². The average molecular weight is 386 g/mol. The SMILES string of the molecule is c1ccc(Nc2nc(Nc3cnccn3)nc3c2ncn3-c2ccsc2)cc1. The van der Waals surface area contributed by atoms with Crippen molar-refractivity contribution in [2.45, 2.75) is 0 Å². The maximum atomic E-state index is 4.66. The van der Waals surface area contributed by atoms with Crippen molar-refractivity contribution in [3.05, 3.63) is 72.1 Å². The molecule has 0 saturated carbocycles. The molecule has 0 aliphatic rings. The van der Waals surface area contributed by atoms with Crippen molar-refractivity contribution in [1.82, 2.24) is 29.5 Å². The first kappa shape index (κ1) is 16.3. The smallest absolute Gasteiger partial charge is 0.232 e. The third-order valence-electron chi connectivity index (χ3n) is 4.02. The number of rotatable bonds is 5. The molecule has 8 nitrogen and oxygen atoms in total. The summed E-state index contributed by atoms with van der Waals surface area (Å²) in [6, 6.07) is 11.9. The standard InChI is InChI=1S/C19H14N8S/c1-2-4-13(5-3-1)23-17-16-18(27(12-22-16)14-6-9-28-11-14)26-19(25-17)24-15-10-20-7-8-21-15/h1-12H,(H2,21,23,24,25,26). The molecular weight excluding hydrogens is 372 g/mol. The predicted molar refractivity (Wildman–Crippen MR) is 110 cm³/mol. The lowest BCUT2D eigenvalue weighted by molar-refractivity contribution is 1.06. The van der Waals surface area contributed by atoms with Gasteiger partial charge in [0.15, 0.2) is 22.8 Å². The van der Waals surface area contributed by atoms with E-state index in [-0.39, 0.29) is 0 Å². The summed E-state index contributed by atoms with van der Waals surface area (Å²) < 4.78 is 1.94. The maximum Gasteiger partial charge on any atom is 0.232 e. The molecule has 0 aliphatic heterocycles. The van der Waals surface area contributed by atoms with Gasteiger partial charge in [0.05, 0.1) is 11.9 Å². The van der Waals surface area contributed by atoms with E-state index < -0.39 is 0 Å². The van der Waals surface area contributed by atoms with Gasteiger partial charge in [-0.3, -0.25) is 9.55 Å². The average Bonchev–Trinajstić information content (AvgIpc) is 3.39. The summed E-state index contributed by atoms with van der Waals surface area (Å²) in [5.41, 5.74) is 3.29. The number of aromatic nitrogens is 6. The van der Waals surface area contributed by atoms with Crippen LogP contribution in [-0.4, -0.2) is 29.5 Å². The number of para-hydroxylation sites is 1. The molecule has 0 aliphatic carbocycles. The first-order chi connectivity index (χ1) is 13.9. The minimum Gasteiger partial charge on any atom is -0.338 e. The fourth-order valence-corrected chi connectivity index (χ4v) is 3.39. The zero-order chi connectivity index (χ0) is 18.8. The van der Waals surface area contributed by atoms with Crippen LogP contribution in [0.3, 0.4) is 0 Å². The van der Waals surface area contributed by atoms with Crippen LogP contribution in [0.2, 0.25) is 0 Å². The highest BCUT2D eigenvalue weighted by Gasteiger charge is 2.15. The Balaban J connectivity index is 1.64. The highest BCUT2D eigenvalue weighted by atomic mass is 32.1. The van der Waals surface area contributed by atoms with Gasteiger partial charge in [-0.15, -0.1) is 0 Å². The monoisotopic (exact) mass is 386 g/mol. The highest BCUT2D eigenvalue weighted by molar-refractivity contribution is 7.08. The van der Waals surface area contributed by atoms with Crippen molar-refractivity contribution in [2.75, 3.05) is 10.6 Å². The Morgan fingerprint density at radius 3 is 2.64 bits per heavy atom. The van der Waals surface area contributed by atoms with Crippen LogP contribution in [0, 0.1) is 0 Å². The highest BCUT2D eigenvalue weighted by Crippen LogP contribution is 2.27. The van der Waals surface area contributed by atoms with Crippen LogP contribution in [0.25, 0.3) is 16.9 Å². The second-order valence-corrected chi connectivity index (χ2v) is 6.65. The molecule has 1 aromatic carbocycles. The van der Waals surface area contributed by atoms with Crippen molar-refractivity contribution in [1.29, 1.82) is 0 Å². The molecular formula is C19H14N8S. The molecule has 0 radical (unpaired) electrons. The topological polar surface area (TPSA) is 93.4 Å². The Labute approximate surface area is 164 Å². The minimum atomic E-state index is 0.406. The van der Waals surface area contributed by atoms with Crippen LogP contribution < -0.4 is 10.6 Å². The molecule has 28 heavy (non-hydrogen) atoms. The third kappa shape index (κ3) is 3.14. The summed E-state index contributed by atoms with van der Waals surface area (Å²) in [5.74, 6) is 1.58. The molecule has 136 valence electrons. The molecule has 0 bridgehead atoms. The van der Waals surface area contributed by atoms with Crippen LogP contribution in [0.5, 0.6) is 0 Å². The van der Waals surface area contributed by atoms with Gasteiger partial charge in [0, 0.05) is 23.5 Å². The van der Waals surface area contributed by atoms with E-state index >= 15 is 0 Å². The van der Waals surface area contributed by atoms with Gasteiger partial charge in [0.1, 0.15) is 6.33 Å². The first-order valence-corrected chi connectivity index (χ1v) is 9.44. The van der Waals surface area contributed by atoms with Gasteiger partial charge in [-0.25, -0.2) is 9.97 Å². The van der Waals surface area contributed by atoms with Gasteiger partial charge >= 0.3 is 0 Å². The summed E-state index contributed by atoms with van der Waals surface area (Å²) in [6.45, 7) is 0. The lowest BCUT2D eigenvalue weighted by atomic mass is 10.3. The number of imidazole rings is 1. The van der Waals surface area contributed by atoms with E-state index in [1.54, 1.807) is 36.3 Å². The van der Waals surface area contributed by atoms with Crippen LogP contribution in [-0.2, 0) is 0 Å². The summed E-state index contributed by atoms with van der Waals surface area (Å²) in [7, 11) is 0. The van der Waals surface area contributed by atoms with Gasteiger partial charge in [-0.2, -0.15) is 21.3 Å². The molecule has 4 aromatic heterocycles. The zero-order valence-corrected chi connectivity index (χ0v) is 15.3.